The van der Waals surface area contributed by atoms with E-state index in [1.54, 1.807) is 6.07 Å². The molecule has 0 saturated carbocycles. The molecule has 0 aliphatic carbocycles. The summed E-state index contributed by atoms with van der Waals surface area (Å²) in [4.78, 5) is 11.9. The number of phenols is 1. The lowest BCUT2D eigenvalue weighted by molar-refractivity contribution is -0.117. The van der Waals surface area contributed by atoms with Crippen molar-refractivity contribution >= 4 is 11.6 Å². The van der Waals surface area contributed by atoms with Crippen LogP contribution in [0.2, 0.25) is 0 Å². The average molecular weight is 248 g/mol. The number of amides is 1. The Labute approximate surface area is 107 Å². The molecular formula is C14H20N2O2. The number of para-hydroxylation sites is 1. The highest BCUT2D eigenvalue weighted by molar-refractivity contribution is 5.92. The molecule has 1 heterocycles. The van der Waals surface area contributed by atoms with E-state index in [9.17, 15) is 9.90 Å². The van der Waals surface area contributed by atoms with Crippen LogP contribution in [0, 0.1) is 12.8 Å². The lowest BCUT2D eigenvalue weighted by Crippen LogP contribution is -2.30. The SMILES string of the molecule is Cc1cccc(NC(=O)CC2CCNCC2)c1O. The van der Waals surface area contributed by atoms with Gasteiger partial charge in [-0.3, -0.25) is 4.79 Å². The molecule has 1 aromatic rings. The van der Waals surface area contributed by atoms with Crippen molar-refractivity contribution in [1.82, 2.24) is 5.32 Å². The van der Waals surface area contributed by atoms with Crippen LogP contribution in [-0.2, 0) is 4.79 Å². The van der Waals surface area contributed by atoms with Crippen LogP contribution in [0.1, 0.15) is 24.8 Å². The van der Waals surface area contributed by atoms with Crippen LogP contribution in [-0.4, -0.2) is 24.1 Å². The van der Waals surface area contributed by atoms with Crippen molar-refractivity contribution in [2.75, 3.05) is 18.4 Å². The first-order valence-corrected chi connectivity index (χ1v) is 6.46. The molecule has 1 aliphatic heterocycles. The third kappa shape index (κ3) is 3.23. The highest BCUT2D eigenvalue weighted by Gasteiger charge is 2.17. The summed E-state index contributed by atoms with van der Waals surface area (Å²) in [5, 5.41) is 15.9. The maximum Gasteiger partial charge on any atom is 0.224 e. The van der Waals surface area contributed by atoms with Gasteiger partial charge in [-0.2, -0.15) is 0 Å². The Morgan fingerprint density at radius 2 is 2.17 bits per heavy atom. The molecule has 1 saturated heterocycles. The van der Waals surface area contributed by atoms with Gasteiger partial charge in [-0.1, -0.05) is 12.1 Å². The molecule has 4 heteroatoms. The maximum atomic E-state index is 11.9. The summed E-state index contributed by atoms with van der Waals surface area (Å²) in [7, 11) is 0. The second-order valence-electron chi connectivity index (χ2n) is 4.92. The Morgan fingerprint density at radius 1 is 1.44 bits per heavy atom. The first-order chi connectivity index (χ1) is 8.66. The van der Waals surface area contributed by atoms with Crippen LogP contribution in [0.15, 0.2) is 18.2 Å². The van der Waals surface area contributed by atoms with E-state index >= 15 is 0 Å². The van der Waals surface area contributed by atoms with E-state index in [1.807, 2.05) is 19.1 Å². The zero-order valence-corrected chi connectivity index (χ0v) is 10.7. The summed E-state index contributed by atoms with van der Waals surface area (Å²) in [6, 6.07) is 5.37. The maximum absolute atomic E-state index is 11.9. The fourth-order valence-corrected chi connectivity index (χ4v) is 2.31. The molecule has 3 N–H and O–H groups in total. The summed E-state index contributed by atoms with van der Waals surface area (Å²) >= 11 is 0. The van der Waals surface area contributed by atoms with Gasteiger partial charge >= 0.3 is 0 Å². The second-order valence-corrected chi connectivity index (χ2v) is 4.92. The van der Waals surface area contributed by atoms with Gasteiger partial charge in [0.05, 0.1) is 5.69 Å². The molecule has 4 nitrogen and oxygen atoms in total. The van der Waals surface area contributed by atoms with Crippen LogP contribution in [0.5, 0.6) is 5.75 Å². The van der Waals surface area contributed by atoms with Gasteiger partial charge in [0.25, 0.3) is 0 Å². The minimum Gasteiger partial charge on any atom is -0.505 e. The number of aryl methyl sites for hydroxylation is 1. The van der Waals surface area contributed by atoms with Gasteiger partial charge in [-0.25, -0.2) is 0 Å². The smallest absolute Gasteiger partial charge is 0.224 e. The molecule has 1 aliphatic rings. The van der Waals surface area contributed by atoms with Gasteiger partial charge in [0.15, 0.2) is 0 Å². The lowest BCUT2D eigenvalue weighted by atomic mass is 9.94. The zero-order chi connectivity index (χ0) is 13.0. The van der Waals surface area contributed by atoms with Crippen LogP contribution in [0.25, 0.3) is 0 Å². The number of carbonyl (C=O) groups is 1. The molecule has 98 valence electrons. The van der Waals surface area contributed by atoms with Crippen molar-refractivity contribution in [3.8, 4) is 5.75 Å². The largest absolute Gasteiger partial charge is 0.505 e. The first-order valence-electron chi connectivity index (χ1n) is 6.46. The van der Waals surface area contributed by atoms with Crippen molar-refractivity contribution in [3.63, 3.8) is 0 Å². The number of anilines is 1. The fraction of sp³-hybridized carbons (Fsp3) is 0.500. The third-order valence-electron chi connectivity index (χ3n) is 3.44. The third-order valence-corrected chi connectivity index (χ3v) is 3.44. The summed E-state index contributed by atoms with van der Waals surface area (Å²) < 4.78 is 0. The molecule has 0 aromatic heterocycles. The molecule has 1 fully saturated rings. The fourth-order valence-electron chi connectivity index (χ4n) is 2.31. The number of aromatic hydroxyl groups is 1. The second kappa shape index (κ2) is 5.87. The molecule has 0 bridgehead atoms. The zero-order valence-electron chi connectivity index (χ0n) is 10.7. The Balaban J connectivity index is 1.92. The predicted molar refractivity (Wildman–Crippen MR) is 71.7 cm³/mol. The van der Waals surface area contributed by atoms with Gasteiger partial charge in [-0.15, -0.1) is 0 Å². The monoisotopic (exact) mass is 248 g/mol. The Kier molecular flexibility index (Phi) is 4.20. The molecule has 0 spiro atoms. The van der Waals surface area contributed by atoms with E-state index in [0.717, 1.165) is 31.5 Å². The highest BCUT2D eigenvalue weighted by Crippen LogP contribution is 2.27. The predicted octanol–water partition coefficient (Wildman–Crippen LogP) is 2.03. The topological polar surface area (TPSA) is 61.4 Å². The lowest BCUT2D eigenvalue weighted by Gasteiger charge is -2.22. The summed E-state index contributed by atoms with van der Waals surface area (Å²) in [6.45, 7) is 3.80. The number of carbonyl (C=O) groups excluding carboxylic acids is 1. The quantitative estimate of drug-likeness (QED) is 0.717. The minimum absolute atomic E-state index is 0.0113. The first kappa shape index (κ1) is 12.9. The standard InChI is InChI=1S/C14H20N2O2/c1-10-3-2-4-12(14(10)18)16-13(17)9-11-5-7-15-8-6-11/h2-4,11,15,18H,5-9H2,1H3,(H,16,17). The Morgan fingerprint density at radius 3 is 2.89 bits per heavy atom. The van der Waals surface area contributed by atoms with Gasteiger partial charge in [0, 0.05) is 6.42 Å². The molecule has 0 unspecified atom stereocenters. The van der Waals surface area contributed by atoms with Crippen molar-refractivity contribution < 1.29 is 9.90 Å². The number of hydrogen-bond acceptors (Lipinski definition) is 3. The van der Waals surface area contributed by atoms with Gasteiger partial charge in [0.2, 0.25) is 5.91 Å². The average Bonchev–Trinajstić information content (AvgIpc) is 2.36. The Hall–Kier alpha value is -1.55. The summed E-state index contributed by atoms with van der Waals surface area (Å²) in [5.74, 6) is 0.608. The van der Waals surface area contributed by atoms with Gasteiger partial charge in [-0.05, 0) is 50.4 Å². The number of nitrogens with one attached hydrogen (secondary N) is 2. The van der Waals surface area contributed by atoms with E-state index in [4.69, 9.17) is 0 Å². The number of benzene rings is 1. The number of phenolic OH excluding ortho intramolecular Hbond substituents is 1. The molecule has 2 rings (SSSR count). The Bertz CT molecular complexity index is 426. The van der Waals surface area contributed by atoms with E-state index < -0.39 is 0 Å². The van der Waals surface area contributed by atoms with E-state index in [-0.39, 0.29) is 11.7 Å². The van der Waals surface area contributed by atoms with Crippen molar-refractivity contribution in [1.29, 1.82) is 0 Å². The molecule has 18 heavy (non-hydrogen) atoms. The summed E-state index contributed by atoms with van der Waals surface area (Å²) in [5.41, 5.74) is 1.28. The van der Waals surface area contributed by atoms with Crippen molar-refractivity contribution in [2.24, 2.45) is 5.92 Å². The van der Waals surface area contributed by atoms with Crippen LogP contribution >= 0.6 is 0 Å². The van der Waals surface area contributed by atoms with E-state index in [0.29, 0.717) is 18.0 Å². The number of piperidine rings is 1. The van der Waals surface area contributed by atoms with Gasteiger partial charge < -0.3 is 15.7 Å². The van der Waals surface area contributed by atoms with Crippen LogP contribution in [0.3, 0.4) is 0 Å². The van der Waals surface area contributed by atoms with Crippen LogP contribution < -0.4 is 10.6 Å². The minimum atomic E-state index is -0.0113. The normalized spacial score (nSPS) is 16.5. The summed E-state index contributed by atoms with van der Waals surface area (Å²) in [6.07, 6.45) is 2.63. The van der Waals surface area contributed by atoms with Crippen LogP contribution in [0.4, 0.5) is 5.69 Å². The van der Waals surface area contributed by atoms with Crippen molar-refractivity contribution in [3.05, 3.63) is 23.8 Å². The van der Waals surface area contributed by atoms with E-state index in [2.05, 4.69) is 10.6 Å². The molecule has 1 aromatic carbocycles. The molecule has 0 atom stereocenters. The molecule has 1 amide bonds. The van der Waals surface area contributed by atoms with Crippen molar-refractivity contribution in [2.45, 2.75) is 26.2 Å². The van der Waals surface area contributed by atoms with Gasteiger partial charge in [0.1, 0.15) is 5.75 Å². The highest BCUT2D eigenvalue weighted by atomic mass is 16.3. The molecule has 0 radical (unpaired) electrons. The molecular weight excluding hydrogens is 228 g/mol. The number of hydrogen-bond donors (Lipinski definition) is 3. The number of rotatable bonds is 3. The van der Waals surface area contributed by atoms with E-state index in [1.165, 1.54) is 0 Å².